The molecular formula is C14H30IN3. The van der Waals surface area contributed by atoms with Gasteiger partial charge in [-0.1, -0.05) is 55.0 Å². The van der Waals surface area contributed by atoms with Crippen molar-refractivity contribution in [2.45, 2.75) is 34.6 Å². The summed E-state index contributed by atoms with van der Waals surface area (Å²) in [4.78, 5) is 2.38. The lowest BCUT2D eigenvalue weighted by atomic mass is 10.4. The van der Waals surface area contributed by atoms with Gasteiger partial charge in [0.05, 0.1) is 3.63 Å². The normalized spacial score (nSPS) is 12.6. The fourth-order valence-electron chi connectivity index (χ4n) is 1.19. The maximum absolute atomic E-state index is 5.67. The van der Waals surface area contributed by atoms with E-state index in [1.807, 2.05) is 26.8 Å². The van der Waals surface area contributed by atoms with Crippen LogP contribution in [-0.2, 0) is 0 Å². The fraction of sp³-hybridized carbons (Fsp3) is 0.643. The Morgan fingerprint density at radius 3 is 2.39 bits per heavy atom. The quantitative estimate of drug-likeness (QED) is 0.512. The Balaban J connectivity index is 0. The number of rotatable bonds is 8. The molecule has 0 unspecified atom stereocenters. The first kappa shape index (κ1) is 20.1. The third-order valence-corrected chi connectivity index (χ3v) is 5.05. The first-order valence-corrected chi connectivity index (χ1v) is 8.98. The molecule has 0 saturated heterocycles. The third kappa shape index (κ3) is 10.9. The van der Waals surface area contributed by atoms with Crippen LogP contribution >= 0.6 is 20.7 Å². The van der Waals surface area contributed by atoms with E-state index in [1.54, 1.807) is 0 Å². The second-order valence-electron chi connectivity index (χ2n) is 3.42. The minimum absolute atomic E-state index is 0.141. The summed E-state index contributed by atoms with van der Waals surface area (Å²) in [6.45, 7) is 18.3. The summed E-state index contributed by atoms with van der Waals surface area (Å²) in [5.41, 5.74) is 6.58. The predicted molar refractivity (Wildman–Crippen MR) is 94.3 cm³/mol. The highest BCUT2D eigenvalue weighted by Gasteiger charge is 2.04. The van der Waals surface area contributed by atoms with E-state index in [4.69, 9.17) is 5.73 Å². The Hall–Kier alpha value is -0.200. The maximum Gasteiger partial charge on any atom is 0.0504 e. The van der Waals surface area contributed by atoms with Crippen LogP contribution in [0.4, 0.5) is 0 Å². The molecule has 18 heavy (non-hydrogen) atoms. The van der Waals surface area contributed by atoms with Crippen molar-refractivity contribution in [2.75, 3.05) is 26.2 Å². The molecule has 0 atom stereocenters. The summed E-state index contributed by atoms with van der Waals surface area (Å²) in [5, 5.41) is 3.34. The summed E-state index contributed by atoms with van der Waals surface area (Å²) >= 11 is -0.141. The van der Waals surface area contributed by atoms with Crippen molar-refractivity contribution < 1.29 is 0 Å². The zero-order chi connectivity index (χ0) is 14.4. The van der Waals surface area contributed by atoms with Gasteiger partial charge in [-0.2, -0.15) is 0 Å². The zero-order valence-corrected chi connectivity index (χ0v) is 14.8. The molecule has 0 bridgehead atoms. The van der Waals surface area contributed by atoms with Gasteiger partial charge < -0.3 is 11.1 Å². The van der Waals surface area contributed by atoms with E-state index in [9.17, 15) is 0 Å². The number of allylic oxidation sites excluding steroid dienone is 1. The van der Waals surface area contributed by atoms with Gasteiger partial charge in [-0.15, -0.1) is 0 Å². The Labute approximate surface area is 123 Å². The van der Waals surface area contributed by atoms with Gasteiger partial charge in [-0.05, 0) is 23.6 Å². The van der Waals surface area contributed by atoms with Crippen molar-refractivity contribution in [3.63, 3.8) is 0 Å². The van der Waals surface area contributed by atoms with Crippen LogP contribution in [0.3, 0.4) is 0 Å². The molecule has 0 aromatic rings. The van der Waals surface area contributed by atoms with Crippen molar-refractivity contribution >= 4 is 24.4 Å². The largest absolute Gasteiger partial charge is 0.402 e. The smallest absolute Gasteiger partial charge is 0.0504 e. The molecule has 3 nitrogen and oxygen atoms in total. The van der Waals surface area contributed by atoms with Crippen LogP contribution in [0.5, 0.6) is 0 Å². The lowest BCUT2D eigenvalue weighted by Crippen LogP contribution is -2.34. The SMILES string of the molecule is C=CC(=I/C=C(\C)N)N(CC)CCNCC.CC. The van der Waals surface area contributed by atoms with Gasteiger partial charge >= 0.3 is 0 Å². The zero-order valence-electron chi connectivity index (χ0n) is 12.6. The van der Waals surface area contributed by atoms with Crippen LogP contribution in [-0.4, -0.2) is 34.7 Å². The van der Waals surface area contributed by atoms with E-state index in [0.717, 1.165) is 31.9 Å². The Morgan fingerprint density at radius 2 is 2.00 bits per heavy atom. The average Bonchev–Trinajstić information content (AvgIpc) is 2.39. The van der Waals surface area contributed by atoms with E-state index < -0.39 is 0 Å². The summed E-state index contributed by atoms with van der Waals surface area (Å²) < 4.78 is 3.50. The number of nitrogens with two attached hydrogens (primary N) is 1. The summed E-state index contributed by atoms with van der Waals surface area (Å²) in [6.07, 6.45) is 1.97. The van der Waals surface area contributed by atoms with E-state index >= 15 is 0 Å². The molecule has 0 amide bonds. The van der Waals surface area contributed by atoms with Gasteiger partial charge in [0, 0.05) is 25.3 Å². The standard InChI is InChI=1S/C12H24IN3.C2H6/c1-5-12(13-10-11(4)14)16(7-3)9-8-15-6-2;1-2/h5,10,15H,1,6-9,14H2,2-4H3;1-2H3/b11-10+;. The van der Waals surface area contributed by atoms with E-state index in [1.165, 1.54) is 3.63 Å². The van der Waals surface area contributed by atoms with Crippen LogP contribution in [0, 0.1) is 0 Å². The van der Waals surface area contributed by atoms with Crippen LogP contribution in [0.1, 0.15) is 34.6 Å². The highest BCUT2D eigenvalue weighted by atomic mass is 127. The minimum atomic E-state index is -0.141. The Kier molecular flexibility index (Phi) is 16.6. The molecule has 0 radical (unpaired) electrons. The van der Waals surface area contributed by atoms with Gasteiger partial charge in [0.2, 0.25) is 0 Å². The van der Waals surface area contributed by atoms with Crippen LogP contribution in [0.15, 0.2) is 22.4 Å². The van der Waals surface area contributed by atoms with Gasteiger partial charge in [-0.3, -0.25) is 4.90 Å². The average molecular weight is 367 g/mol. The molecule has 0 aromatic heterocycles. The number of nitrogens with zero attached hydrogens (tertiary/aromatic N) is 1. The summed E-state index contributed by atoms with van der Waals surface area (Å²) in [7, 11) is 0. The lowest BCUT2D eigenvalue weighted by Gasteiger charge is -2.20. The molecule has 3 N–H and O–H groups in total. The van der Waals surface area contributed by atoms with Crippen molar-refractivity contribution in [3.05, 3.63) is 22.4 Å². The van der Waals surface area contributed by atoms with E-state index in [0.29, 0.717) is 0 Å². The Morgan fingerprint density at radius 1 is 1.39 bits per heavy atom. The number of hydrogen-bond acceptors (Lipinski definition) is 3. The molecule has 4 heteroatoms. The van der Waals surface area contributed by atoms with Gasteiger partial charge in [0.1, 0.15) is 0 Å². The van der Waals surface area contributed by atoms with Crippen molar-refractivity contribution in [2.24, 2.45) is 5.73 Å². The lowest BCUT2D eigenvalue weighted by molar-refractivity contribution is 0.441. The summed E-state index contributed by atoms with van der Waals surface area (Å²) in [5.74, 6) is 0. The highest BCUT2D eigenvalue weighted by Crippen LogP contribution is 2.09. The predicted octanol–water partition coefficient (Wildman–Crippen LogP) is 3.05. The number of halogens is 1. The molecule has 0 aromatic carbocycles. The molecule has 0 aliphatic rings. The molecule has 0 heterocycles. The molecule has 0 spiro atoms. The molecule has 0 aliphatic carbocycles. The monoisotopic (exact) mass is 367 g/mol. The van der Waals surface area contributed by atoms with Gasteiger partial charge in [0.15, 0.2) is 0 Å². The Bertz CT molecular complexity index is 256. The van der Waals surface area contributed by atoms with Crippen LogP contribution < -0.4 is 11.1 Å². The highest BCUT2D eigenvalue weighted by molar-refractivity contribution is 14.2. The van der Waals surface area contributed by atoms with E-state index in [-0.39, 0.29) is 20.7 Å². The van der Waals surface area contributed by atoms with Gasteiger partial charge in [0.25, 0.3) is 0 Å². The topological polar surface area (TPSA) is 41.3 Å². The maximum atomic E-state index is 5.67. The third-order valence-electron chi connectivity index (χ3n) is 2.00. The first-order chi connectivity index (χ1) is 8.65. The van der Waals surface area contributed by atoms with Gasteiger partial charge in [-0.25, -0.2) is 0 Å². The van der Waals surface area contributed by atoms with Crippen molar-refractivity contribution in [1.29, 1.82) is 0 Å². The molecule has 0 fully saturated rings. The molecule has 0 aliphatic heterocycles. The summed E-state index contributed by atoms with van der Waals surface area (Å²) in [6, 6.07) is 0. The number of hydrogen-bond donors (Lipinski definition) is 2. The second kappa shape index (κ2) is 14.9. The molecular weight excluding hydrogens is 337 g/mol. The van der Waals surface area contributed by atoms with Crippen LogP contribution in [0.2, 0.25) is 0 Å². The van der Waals surface area contributed by atoms with Crippen molar-refractivity contribution in [3.8, 4) is 0 Å². The second-order valence-corrected chi connectivity index (χ2v) is 5.77. The number of nitrogens with one attached hydrogen (secondary N) is 1. The minimum Gasteiger partial charge on any atom is -0.402 e. The molecule has 0 rings (SSSR count). The van der Waals surface area contributed by atoms with Crippen molar-refractivity contribution in [1.82, 2.24) is 10.2 Å². The number of likely N-dealkylation sites (N-methyl/N-ethyl adjacent to an activating group) is 2. The van der Waals surface area contributed by atoms with E-state index in [2.05, 4.69) is 34.7 Å². The first-order valence-electron chi connectivity index (χ1n) is 6.66. The molecule has 108 valence electrons. The molecule has 0 saturated carbocycles. The fourth-order valence-corrected chi connectivity index (χ4v) is 3.23. The van der Waals surface area contributed by atoms with Crippen LogP contribution in [0.25, 0.3) is 0 Å².